The summed E-state index contributed by atoms with van der Waals surface area (Å²) in [6.45, 7) is 4.06. The van der Waals surface area contributed by atoms with Crippen molar-refractivity contribution in [1.29, 1.82) is 0 Å². The molecule has 4 heteroatoms. The molecule has 0 aromatic carbocycles. The zero-order valence-corrected chi connectivity index (χ0v) is 10.3. The van der Waals surface area contributed by atoms with Crippen LogP contribution in [0.15, 0.2) is 30.7 Å². The molecule has 0 bridgehead atoms. The minimum Gasteiger partial charge on any atom is -0.313 e. The van der Waals surface area contributed by atoms with Gasteiger partial charge < -0.3 is 5.32 Å². The van der Waals surface area contributed by atoms with Crippen LogP contribution in [0, 0.1) is 0 Å². The van der Waals surface area contributed by atoms with Gasteiger partial charge in [-0.1, -0.05) is 6.92 Å². The molecule has 2 aromatic heterocycles. The summed E-state index contributed by atoms with van der Waals surface area (Å²) in [5.41, 5.74) is 3.24. The first-order valence-electron chi connectivity index (χ1n) is 5.94. The highest BCUT2D eigenvalue weighted by molar-refractivity contribution is 5.57. The van der Waals surface area contributed by atoms with Gasteiger partial charge in [0.1, 0.15) is 0 Å². The van der Waals surface area contributed by atoms with Crippen molar-refractivity contribution in [1.82, 2.24) is 20.1 Å². The highest BCUT2D eigenvalue weighted by atomic mass is 15.2. The van der Waals surface area contributed by atoms with Gasteiger partial charge in [0.15, 0.2) is 0 Å². The van der Waals surface area contributed by atoms with Gasteiger partial charge in [0.2, 0.25) is 0 Å². The summed E-state index contributed by atoms with van der Waals surface area (Å²) in [5.74, 6) is 0. The van der Waals surface area contributed by atoms with Crippen molar-refractivity contribution in [2.45, 2.75) is 19.9 Å². The highest BCUT2D eigenvalue weighted by Crippen LogP contribution is 2.16. The molecule has 0 amide bonds. The van der Waals surface area contributed by atoms with Crippen LogP contribution in [0.3, 0.4) is 0 Å². The summed E-state index contributed by atoms with van der Waals surface area (Å²) < 4.78 is 1.80. The zero-order chi connectivity index (χ0) is 12.1. The van der Waals surface area contributed by atoms with E-state index in [2.05, 4.69) is 28.4 Å². The third-order valence-electron chi connectivity index (χ3n) is 2.56. The number of aryl methyl sites for hydroxylation is 1. The van der Waals surface area contributed by atoms with E-state index in [-0.39, 0.29) is 0 Å². The lowest BCUT2D eigenvalue weighted by molar-refractivity contribution is 0.674. The number of aromatic nitrogens is 3. The Morgan fingerprint density at radius 2 is 2.24 bits per heavy atom. The molecule has 0 saturated carbocycles. The van der Waals surface area contributed by atoms with Crippen LogP contribution in [-0.2, 0) is 13.6 Å². The van der Waals surface area contributed by atoms with E-state index in [1.165, 1.54) is 5.56 Å². The summed E-state index contributed by atoms with van der Waals surface area (Å²) >= 11 is 0. The van der Waals surface area contributed by atoms with Gasteiger partial charge in [0.05, 0.1) is 5.69 Å². The lowest BCUT2D eigenvalue weighted by Gasteiger charge is -2.04. The molecule has 0 fully saturated rings. The third-order valence-corrected chi connectivity index (χ3v) is 2.56. The largest absolute Gasteiger partial charge is 0.313 e. The molecule has 17 heavy (non-hydrogen) atoms. The van der Waals surface area contributed by atoms with Crippen LogP contribution < -0.4 is 5.32 Å². The second-order valence-electron chi connectivity index (χ2n) is 4.13. The fourth-order valence-corrected chi connectivity index (χ4v) is 1.70. The van der Waals surface area contributed by atoms with Gasteiger partial charge in [0, 0.05) is 37.7 Å². The maximum absolute atomic E-state index is 4.37. The Morgan fingerprint density at radius 3 is 2.94 bits per heavy atom. The highest BCUT2D eigenvalue weighted by Gasteiger charge is 2.02. The van der Waals surface area contributed by atoms with Crippen LogP contribution in [-0.4, -0.2) is 21.3 Å². The van der Waals surface area contributed by atoms with E-state index in [1.54, 1.807) is 4.68 Å². The average Bonchev–Trinajstić information content (AvgIpc) is 2.77. The van der Waals surface area contributed by atoms with Crippen molar-refractivity contribution in [3.8, 4) is 11.3 Å². The number of nitrogens with one attached hydrogen (secondary N) is 1. The van der Waals surface area contributed by atoms with Crippen LogP contribution in [0.4, 0.5) is 0 Å². The Bertz CT molecular complexity index is 476. The first kappa shape index (κ1) is 11.8. The third kappa shape index (κ3) is 3.14. The second kappa shape index (κ2) is 5.59. The molecule has 0 unspecified atom stereocenters. The van der Waals surface area contributed by atoms with Gasteiger partial charge in [-0.15, -0.1) is 0 Å². The molecule has 0 atom stereocenters. The minimum absolute atomic E-state index is 0.863. The first-order valence-corrected chi connectivity index (χ1v) is 5.94. The fraction of sp³-hybridized carbons (Fsp3) is 0.385. The van der Waals surface area contributed by atoms with E-state index in [0.717, 1.165) is 30.8 Å². The zero-order valence-electron chi connectivity index (χ0n) is 10.3. The molecule has 0 spiro atoms. The maximum Gasteiger partial charge on any atom is 0.0938 e. The van der Waals surface area contributed by atoms with E-state index in [9.17, 15) is 0 Å². The molecule has 0 aliphatic rings. The molecule has 1 N–H and O–H groups in total. The van der Waals surface area contributed by atoms with Crippen LogP contribution in [0.5, 0.6) is 0 Å². The molecule has 2 aromatic rings. The monoisotopic (exact) mass is 230 g/mol. The molecule has 4 nitrogen and oxygen atoms in total. The minimum atomic E-state index is 0.863. The van der Waals surface area contributed by atoms with Gasteiger partial charge >= 0.3 is 0 Å². The quantitative estimate of drug-likeness (QED) is 0.799. The lowest BCUT2D eigenvalue weighted by atomic mass is 10.1. The maximum atomic E-state index is 4.37. The van der Waals surface area contributed by atoms with E-state index < -0.39 is 0 Å². The lowest BCUT2D eigenvalue weighted by Crippen LogP contribution is -2.13. The number of hydrogen-bond acceptors (Lipinski definition) is 3. The standard InChI is InChI=1S/C13H18N4/c1-3-5-14-8-11-7-12(10-15-9-11)13-4-6-17(2)16-13/h4,6-7,9-10,14H,3,5,8H2,1-2H3. The van der Waals surface area contributed by atoms with Crippen molar-refractivity contribution in [2.75, 3.05) is 6.54 Å². The summed E-state index contributed by atoms with van der Waals surface area (Å²) in [6, 6.07) is 4.14. The Hall–Kier alpha value is -1.68. The molecule has 0 radical (unpaired) electrons. The predicted octanol–water partition coefficient (Wildman–Crippen LogP) is 1.98. The Labute approximate surface area is 102 Å². The normalized spacial score (nSPS) is 10.7. The Kier molecular flexibility index (Phi) is 3.88. The molecule has 2 heterocycles. The summed E-state index contributed by atoms with van der Waals surface area (Å²) in [7, 11) is 1.92. The molecule has 0 saturated heterocycles. The van der Waals surface area contributed by atoms with Crippen molar-refractivity contribution in [2.24, 2.45) is 7.05 Å². The van der Waals surface area contributed by atoms with Crippen LogP contribution >= 0.6 is 0 Å². The van der Waals surface area contributed by atoms with E-state index in [1.807, 2.05) is 31.7 Å². The fourth-order valence-electron chi connectivity index (χ4n) is 1.70. The molecule has 90 valence electrons. The summed E-state index contributed by atoms with van der Waals surface area (Å²) in [6.07, 6.45) is 6.84. The molecule has 0 aliphatic carbocycles. The van der Waals surface area contributed by atoms with Crippen molar-refractivity contribution in [3.05, 3.63) is 36.3 Å². The summed E-state index contributed by atoms with van der Waals surface area (Å²) in [5, 5.41) is 7.74. The van der Waals surface area contributed by atoms with Crippen LogP contribution in [0.2, 0.25) is 0 Å². The Morgan fingerprint density at radius 1 is 1.35 bits per heavy atom. The van der Waals surface area contributed by atoms with Gasteiger partial charge in [-0.3, -0.25) is 9.67 Å². The van der Waals surface area contributed by atoms with E-state index >= 15 is 0 Å². The predicted molar refractivity (Wildman–Crippen MR) is 68.4 cm³/mol. The molecule has 0 aliphatic heterocycles. The second-order valence-corrected chi connectivity index (χ2v) is 4.13. The van der Waals surface area contributed by atoms with Gasteiger partial charge in [0.25, 0.3) is 0 Å². The smallest absolute Gasteiger partial charge is 0.0938 e. The van der Waals surface area contributed by atoms with Crippen LogP contribution in [0.1, 0.15) is 18.9 Å². The number of rotatable bonds is 5. The summed E-state index contributed by atoms with van der Waals surface area (Å²) in [4.78, 5) is 4.26. The van der Waals surface area contributed by atoms with Crippen molar-refractivity contribution in [3.63, 3.8) is 0 Å². The SMILES string of the molecule is CCCNCc1cncc(-c2ccn(C)n2)c1. The number of pyridine rings is 1. The average molecular weight is 230 g/mol. The number of nitrogens with zero attached hydrogens (tertiary/aromatic N) is 3. The number of hydrogen-bond donors (Lipinski definition) is 1. The van der Waals surface area contributed by atoms with Gasteiger partial charge in [-0.2, -0.15) is 5.10 Å². The van der Waals surface area contributed by atoms with Gasteiger partial charge in [-0.05, 0) is 30.7 Å². The topological polar surface area (TPSA) is 42.7 Å². The first-order chi connectivity index (χ1) is 8.29. The van der Waals surface area contributed by atoms with Crippen molar-refractivity contribution >= 4 is 0 Å². The van der Waals surface area contributed by atoms with Crippen LogP contribution in [0.25, 0.3) is 11.3 Å². The van der Waals surface area contributed by atoms with Gasteiger partial charge in [-0.25, -0.2) is 0 Å². The molecular weight excluding hydrogens is 212 g/mol. The molecule has 2 rings (SSSR count). The Balaban J connectivity index is 2.11. The van der Waals surface area contributed by atoms with E-state index in [0.29, 0.717) is 0 Å². The van der Waals surface area contributed by atoms with E-state index in [4.69, 9.17) is 0 Å². The molecular formula is C13H18N4. The van der Waals surface area contributed by atoms with Crippen molar-refractivity contribution < 1.29 is 0 Å².